The highest BCUT2D eigenvalue weighted by molar-refractivity contribution is 9.10. The topological polar surface area (TPSA) is 32.0 Å². The van der Waals surface area contributed by atoms with E-state index in [4.69, 9.17) is 9.41 Å². The van der Waals surface area contributed by atoms with Gasteiger partial charge in [-0.15, -0.1) is 0 Å². The third kappa shape index (κ3) is 4.80. The van der Waals surface area contributed by atoms with Crippen LogP contribution in [0.25, 0.3) is 11.0 Å². The fourth-order valence-corrected chi connectivity index (χ4v) is 5.89. The average Bonchev–Trinajstić information content (AvgIpc) is 3.56. The lowest BCUT2D eigenvalue weighted by Crippen LogP contribution is -2.32. The van der Waals surface area contributed by atoms with Crippen LogP contribution in [-0.4, -0.2) is 54.9 Å². The van der Waals surface area contributed by atoms with E-state index in [1.54, 1.807) is 6.07 Å². The molecule has 0 aliphatic carbocycles. The van der Waals surface area contributed by atoms with Crippen LogP contribution in [0.2, 0.25) is 0 Å². The van der Waals surface area contributed by atoms with Crippen molar-refractivity contribution in [3.05, 3.63) is 68.6 Å². The SMILES string of the molecule is Cc1oc2c(CCc3c(F)cccc3C3=NCCN3CCCN3CCCC3)cc(Br)cc2c1C. The predicted octanol–water partition coefficient (Wildman–Crippen LogP) is 6.28. The zero-order valence-corrected chi connectivity index (χ0v) is 21.8. The third-order valence-electron chi connectivity index (χ3n) is 7.35. The summed E-state index contributed by atoms with van der Waals surface area (Å²) in [7, 11) is 0. The number of halogens is 2. The second kappa shape index (κ2) is 10.2. The molecule has 2 aliphatic rings. The van der Waals surface area contributed by atoms with Crippen LogP contribution in [0.1, 0.15) is 47.3 Å². The van der Waals surface area contributed by atoms with E-state index in [-0.39, 0.29) is 5.82 Å². The monoisotopic (exact) mass is 525 g/mol. The first kappa shape index (κ1) is 23.6. The molecule has 0 atom stereocenters. The van der Waals surface area contributed by atoms with E-state index < -0.39 is 0 Å². The number of rotatable bonds is 8. The molecule has 4 nitrogen and oxygen atoms in total. The van der Waals surface area contributed by atoms with E-state index >= 15 is 4.39 Å². The molecule has 3 heterocycles. The Morgan fingerprint density at radius 2 is 1.88 bits per heavy atom. The van der Waals surface area contributed by atoms with Gasteiger partial charge in [-0.3, -0.25) is 4.99 Å². The van der Waals surface area contributed by atoms with E-state index in [0.29, 0.717) is 12.8 Å². The number of aliphatic imine (C=N–C) groups is 1. The van der Waals surface area contributed by atoms with Gasteiger partial charge in [-0.05, 0) is 100 Å². The largest absolute Gasteiger partial charge is 0.461 e. The second-order valence-electron chi connectivity index (χ2n) is 9.59. The zero-order valence-electron chi connectivity index (χ0n) is 20.2. The summed E-state index contributed by atoms with van der Waals surface area (Å²) in [5.74, 6) is 1.74. The molecule has 0 amide bonds. The smallest absolute Gasteiger partial charge is 0.137 e. The zero-order chi connectivity index (χ0) is 23.7. The first-order valence-corrected chi connectivity index (χ1v) is 13.3. The molecule has 2 aliphatic heterocycles. The summed E-state index contributed by atoms with van der Waals surface area (Å²) in [5.41, 5.74) is 4.87. The van der Waals surface area contributed by atoms with Gasteiger partial charge in [0.2, 0.25) is 0 Å². The molecule has 0 N–H and O–H groups in total. The van der Waals surface area contributed by atoms with Crippen molar-refractivity contribution in [2.75, 3.05) is 39.3 Å². The van der Waals surface area contributed by atoms with Crippen LogP contribution < -0.4 is 0 Å². The maximum absolute atomic E-state index is 15.1. The summed E-state index contributed by atoms with van der Waals surface area (Å²) in [5, 5.41) is 1.12. The molecule has 0 spiro atoms. The van der Waals surface area contributed by atoms with Gasteiger partial charge in [0.1, 0.15) is 23.0 Å². The van der Waals surface area contributed by atoms with Crippen LogP contribution >= 0.6 is 15.9 Å². The molecule has 5 rings (SSSR count). The first-order chi connectivity index (χ1) is 16.5. The molecule has 6 heteroatoms. The van der Waals surface area contributed by atoms with Gasteiger partial charge in [-0.1, -0.05) is 28.1 Å². The van der Waals surface area contributed by atoms with Gasteiger partial charge in [-0.2, -0.15) is 0 Å². The molecule has 3 aromatic rings. The number of hydrogen-bond donors (Lipinski definition) is 0. The van der Waals surface area contributed by atoms with Crippen molar-refractivity contribution in [3.63, 3.8) is 0 Å². The van der Waals surface area contributed by atoms with Crippen LogP contribution in [0, 0.1) is 19.7 Å². The summed E-state index contributed by atoms with van der Waals surface area (Å²) in [4.78, 5) is 9.71. The molecule has 0 unspecified atom stereocenters. The summed E-state index contributed by atoms with van der Waals surface area (Å²) in [6.45, 7) is 10.4. The van der Waals surface area contributed by atoms with Crippen LogP contribution in [0.4, 0.5) is 4.39 Å². The number of hydrogen-bond acceptors (Lipinski definition) is 4. The molecule has 1 saturated heterocycles. The third-order valence-corrected chi connectivity index (χ3v) is 7.81. The van der Waals surface area contributed by atoms with Gasteiger partial charge in [-0.25, -0.2) is 4.39 Å². The lowest BCUT2D eigenvalue weighted by atomic mass is 9.97. The molecule has 1 fully saturated rings. The van der Waals surface area contributed by atoms with Gasteiger partial charge in [0.05, 0.1) is 6.54 Å². The van der Waals surface area contributed by atoms with Crippen LogP contribution in [-0.2, 0) is 12.8 Å². The standard InChI is InChI=1S/C28H33BrFN3O/c1-19-20(2)34-27-21(17-22(29)18-25(19)27)9-10-23-24(7-5-8-26(23)30)28-31-11-16-33(28)15-6-14-32-12-3-4-13-32/h5,7-8,17-18H,3-4,6,9-16H2,1-2H3. The van der Waals surface area contributed by atoms with Crippen molar-refractivity contribution in [2.24, 2.45) is 4.99 Å². The molecule has 180 valence electrons. The molecular formula is C28H33BrFN3O. The minimum atomic E-state index is -0.151. The Balaban J connectivity index is 1.35. The summed E-state index contributed by atoms with van der Waals surface area (Å²) in [6.07, 6.45) is 5.08. The summed E-state index contributed by atoms with van der Waals surface area (Å²) >= 11 is 3.65. The maximum Gasteiger partial charge on any atom is 0.137 e. The molecule has 34 heavy (non-hydrogen) atoms. The van der Waals surface area contributed by atoms with Gasteiger partial charge < -0.3 is 14.2 Å². The van der Waals surface area contributed by atoms with E-state index in [2.05, 4.69) is 44.8 Å². The van der Waals surface area contributed by atoms with Gasteiger partial charge in [0.25, 0.3) is 0 Å². The van der Waals surface area contributed by atoms with E-state index in [0.717, 1.165) is 81.9 Å². The van der Waals surface area contributed by atoms with Crippen molar-refractivity contribution in [3.8, 4) is 0 Å². The number of amidine groups is 1. The second-order valence-corrected chi connectivity index (χ2v) is 10.5. The van der Waals surface area contributed by atoms with Crippen LogP contribution in [0.3, 0.4) is 0 Å². The normalized spacial score (nSPS) is 16.7. The van der Waals surface area contributed by atoms with Gasteiger partial charge in [0.15, 0.2) is 0 Å². The molecule has 2 aromatic carbocycles. The van der Waals surface area contributed by atoms with Gasteiger partial charge >= 0.3 is 0 Å². The quantitative estimate of drug-likeness (QED) is 0.346. The lowest BCUT2D eigenvalue weighted by molar-refractivity contribution is 0.313. The average molecular weight is 526 g/mol. The molecule has 0 radical (unpaired) electrons. The highest BCUT2D eigenvalue weighted by Crippen LogP contribution is 2.32. The van der Waals surface area contributed by atoms with Crippen LogP contribution in [0.5, 0.6) is 0 Å². The van der Waals surface area contributed by atoms with E-state index in [9.17, 15) is 0 Å². The Morgan fingerprint density at radius 1 is 1.06 bits per heavy atom. The number of furan rings is 1. The Labute approximate surface area is 210 Å². The fraction of sp³-hybridized carbons (Fsp3) is 0.464. The molecule has 1 aromatic heterocycles. The van der Waals surface area contributed by atoms with Crippen molar-refractivity contribution in [2.45, 2.75) is 46.0 Å². The number of fused-ring (bicyclic) bond motifs is 1. The minimum absolute atomic E-state index is 0.151. The van der Waals surface area contributed by atoms with Crippen molar-refractivity contribution >= 4 is 32.7 Å². The number of benzene rings is 2. The number of nitrogens with zero attached hydrogens (tertiary/aromatic N) is 3. The molecule has 0 saturated carbocycles. The Kier molecular flexibility index (Phi) is 7.07. The lowest BCUT2D eigenvalue weighted by Gasteiger charge is -2.24. The molecular weight excluding hydrogens is 493 g/mol. The Hall–Kier alpha value is -2.18. The fourth-order valence-electron chi connectivity index (χ4n) is 5.38. The maximum atomic E-state index is 15.1. The van der Waals surface area contributed by atoms with Gasteiger partial charge in [0, 0.05) is 28.5 Å². The Morgan fingerprint density at radius 3 is 2.71 bits per heavy atom. The van der Waals surface area contributed by atoms with Crippen LogP contribution in [0.15, 0.2) is 44.2 Å². The van der Waals surface area contributed by atoms with E-state index in [1.165, 1.54) is 25.9 Å². The predicted molar refractivity (Wildman–Crippen MR) is 140 cm³/mol. The van der Waals surface area contributed by atoms with Crippen molar-refractivity contribution < 1.29 is 8.81 Å². The van der Waals surface area contributed by atoms with Crippen molar-refractivity contribution in [1.29, 1.82) is 0 Å². The number of likely N-dealkylation sites (tertiary alicyclic amines) is 1. The first-order valence-electron chi connectivity index (χ1n) is 12.5. The summed E-state index contributed by atoms with van der Waals surface area (Å²) < 4.78 is 22.2. The Bertz CT molecular complexity index is 1210. The molecule has 0 bridgehead atoms. The highest BCUT2D eigenvalue weighted by atomic mass is 79.9. The van der Waals surface area contributed by atoms with Crippen molar-refractivity contribution in [1.82, 2.24) is 9.80 Å². The van der Waals surface area contributed by atoms with E-state index in [1.807, 2.05) is 19.1 Å². The highest BCUT2D eigenvalue weighted by Gasteiger charge is 2.23. The number of aryl methyl sites for hydroxylation is 3. The minimum Gasteiger partial charge on any atom is -0.461 e. The summed E-state index contributed by atoms with van der Waals surface area (Å²) in [6, 6.07) is 9.63.